The van der Waals surface area contributed by atoms with Crippen LogP contribution in [0, 0.1) is 5.82 Å². The summed E-state index contributed by atoms with van der Waals surface area (Å²) < 4.78 is 21.4. The van der Waals surface area contributed by atoms with Crippen molar-refractivity contribution in [2.24, 2.45) is 0 Å². The number of fused-ring (bicyclic) bond motifs is 1. The number of halogens is 1. The van der Waals surface area contributed by atoms with Gasteiger partial charge in [0.25, 0.3) is 0 Å². The van der Waals surface area contributed by atoms with Gasteiger partial charge < -0.3 is 25.2 Å². The quantitative estimate of drug-likeness (QED) is 0.333. The second-order valence-corrected chi connectivity index (χ2v) is 9.37. The first-order chi connectivity index (χ1) is 18.4. The van der Waals surface area contributed by atoms with Crippen molar-refractivity contribution in [3.63, 3.8) is 0 Å². The monoisotopic (exact) mass is 515 g/mol. The Kier molecular flexibility index (Phi) is 6.97. The summed E-state index contributed by atoms with van der Waals surface area (Å²) in [6.07, 6.45) is 5.54. The first kappa shape index (κ1) is 25.2. The maximum absolute atomic E-state index is 13.9. The number of nitrogens with one attached hydrogen (secondary N) is 2. The Balaban J connectivity index is 1.52. The van der Waals surface area contributed by atoms with Gasteiger partial charge in [-0.3, -0.25) is 9.20 Å². The van der Waals surface area contributed by atoms with Gasteiger partial charge in [-0.15, -0.1) is 0 Å². The lowest BCUT2D eigenvalue weighted by Gasteiger charge is -2.29. The number of hydrogen-bond acceptors (Lipinski definition) is 7. The molecule has 1 unspecified atom stereocenters. The van der Waals surface area contributed by atoms with E-state index in [0.29, 0.717) is 40.2 Å². The summed E-state index contributed by atoms with van der Waals surface area (Å²) in [6, 6.07) is 12.2. The normalized spacial score (nSPS) is 15.4. The third-order valence-electron chi connectivity index (χ3n) is 6.84. The minimum Gasteiger partial charge on any atom is -0.494 e. The molecular weight excluding hydrogens is 485 g/mol. The Morgan fingerprint density at radius 2 is 2.03 bits per heavy atom. The van der Waals surface area contributed by atoms with E-state index in [2.05, 4.69) is 44.0 Å². The molecule has 0 spiro atoms. The van der Waals surface area contributed by atoms with E-state index in [1.807, 2.05) is 31.3 Å². The van der Waals surface area contributed by atoms with Crippen LogP contribution >= 0.6 is 0 Å². The Labute approximate surface area is 220 Å². The number of hydrogen-bond donors (Lipinski definition) is 2. The highest BCUT2D eigenvalue weighted by Gasteiger charge is 2.26. The molecule has 2 N–H and O–H groups in total. The minimum absolute atomic E-state index is 0.301. The van der Waals surface area contributed by atoms with E-state index in [9.17, 15) is 9.18 Å². The molecule has 1 aliphatic rings. The Hall–Kier alpha value is -4.44. The Morgan fingerprint density at radius 3 is 2.74 bits per heavy atom. The van der Waals surface area contributed by atoms with Crippen LogP contribution in [0.25, 0.3) is 16.8 Å². The fraction of sp³-hybridized carbons (Fsp3) is 0.250. The van der Waals surface area contributed by atoms with E-state index >= 15 is 0 Å². The summed E-state index contributed by atoms with van der Waals surface area (Å²) >= 11 is 0. The smallest absolute Gasteiger partial charge is 0.247 e. The topological polar surface area (TPSA) is 87.0 Å². The number of likely N-dealkylation sites (N-methyl/N-ethyl adjacent to an activating group) is 2. The van der Waals surface area contributed by atoms with Crippen molar-refractivity contribution < 1.29 is 13.9 Å². The molecule has 1 fully saturated rings. The van der Waals surface area contributed by atoms with Crippen LogP contribution in [0.1, 0.15) is 6.42 Å². The van der Waals surface area contributed by atoms with Gasteiger partial charge in [-0.1, -0.05) is 18.7 Å². The van der Waals surface area contributed by atoms with E-state index < -0.39 is 0 Å². The molecule has 1 aliphatic heterocycles. The predicted molar refractivity (Wildman–Crippen MR) is 148 cm³/mol. The highest BCUT2D eigenvalue weighted by Crippen LogP contribution is 2.39. The summed E-state index contributed by atoms with van der Waals surface area (Å²) in [5, 5.41) is 6.25. The average molecular weight is 516 g/mol. The summed E-state index contributed by atoms with van der Waals surface area (Å²) in [5.74, 6) is 0.492. The molecule has 1 amide bonds. The average Bonchev–Trinajstić information content (AvgIpc) is 3.54. The molecule has 38 heavy (non-hydrogen) atoms. The van der Waals surface area contributed by atoms with Gasteiger partial charge in [-0.05, 0) is 44.3 Å². The lowest BCUT2D eigenvalue weighted by molar-refractivity contribution is -0.111. The summed E-state index contributed by atoms with van der Waals surface area (Å²) in [4.78, 5) is 25.7. The number of ether oxygens (including phenoxy) is 1. The van der Waals surface area contributed by atoms with Crippen LogP contribution in [-0.4, -0.2) is 65.5 Å². The number of likely N-dealkylation sites (tertiary alicyclic amines) is 1. The maximum Gasteiger partial charge on any atom is 0.247 e. The van der Waals surface area contributed by atoms with Crippen molar-refractivity contribution in [1.29, 1.82) is 0 Å². The SMILES string of the molecule is C=CC(=O)Nc1cc(Nc2cc3c(-c4cccc(F)c4)ncn3cn2)c(OC)cc1N(C)C1CCN(C)C1. The van der Waals surface area contributed by atoms with Crippen LogP contribution in [0.2, 0.25) is 0 Å². The number of nitrogens with zero attached hydrogens (tertiary/aromatic N) is 5. The van der Waals surface area contributed by atoms with Crippen molar-refractivity contribution in [2.75, 3.05) is 49.8 Å². The van der Waals surface area contributed by atoms with Gasteiger partial charge in [0.05, 0.1) is 35.4 Å². The third-order valence-corrected chi connectivity index (χ3v) is 6.84. The van der Waals surface area contributed by atoms with E-state index in [4.69, 9.17) is 4.74 Å². The number of carbonyl (C=O) groups excluding carboxylic acids is 1. The van der Waals surface area contributed by atoms with Gasteiger partial charge in [0.2, 0.25) is 5.91 Å². The Bertz CT molecular complexity index is 1500. The fourth-order valence-corrected chi connectivity index (χ4v) is 4.80. The van der Waals surface area contributed by atoms with Gasteiger partial charge in [0, 0.05) is 37.3 Å². The van der Waals surface area contributed by atoms with Gasteiger partial charge in [0.1, 0.15) is 30.0 Å². The molecule has 0 bridgehead atoms. The lowest BCUT2D eigenvalue weighted by atomic mass is 10.1. The van der Waals surface area contributed by atoms with Gasteiger partial charge in [0.15, 0.2) is 0 Å². The number of imidazole rings is 1. The van der Waals surface area contributed by atoms with E-state index in [-0.39, 0.29) is 11.7 Å². The van der Waals surface area contributed by atoms with Crippen molar-refractivity contribution in [2.45, 2.75) is 12.5 Å². The van der Waals surface area contributed by atoms with Gasteiger partial charge in [-0.2, -0.15) is 0 Å². The fourth-order valence-electron chi connectivity index (χ4n) is 4.80. The number of carbonyl (C=O) groups is 1. The third kappa shape index (κ3) is 5.03. The largest absolute Gasteiger partial charge is 0.494 e. The molecule has 2 aromatic heterocycles. The predicted octanol–water partition coefficient (Wildman–Crippen LogP) is 4.55. The van der Waals surface area contributed by atoms with Gasteiger partial charge in [-0.25, -0.2) is 14.4 Å². The number of benzene rings is 2. The minimum atomic E-state index is -0.329. The number of methoxy groups -OCH3 is 1. The molecule has 0 radical (unpaired) electrons. The Morgan fingerprint density at radius 1 is 1.21 bits per heavy atom. The molecule has 1 saturated heterocycles. The molecule has 0 aliphatic carbocycles. The zero-order valence-electron chi connectivity index (χ0n) is 21.6. The highest BCUT2D eigenvalue weighted by molar-refractivity contribution is 6.02. The van der Waals surface area contributed by atoms with E-state index in [1.165, 1.54) is 18.2 Å². The lowest BCUT2D eigenvalue weighted by Crippen LogP contribution is -2.34. The van der Waals surface area contributed by atoms with Crippen LogP contribution < -0.4 is 20.3 Å². The summed E-state index contributed by atoms with van der Waals surface area (Å²) in [7, 11) is 5.73. The molecule has 5 rings (SSSR count). The molecule has 1 atom stereocenters. The van der Waals surface area contributed by atoms with Crippen LogP contribution in [-0.2, 0) is 4.79 Å². The van der Waals surface area contributed by atoms with Crippen molar-refractivity contribution in [3.8, 4) is 17.0 Å². The second kappa shape index (κ2) is 10.5. The van der Waals surface area contributed by atoms with Crippen molar-refractivity contribution in [1.82, 2.24) is 19.3 Å². The highest BCUT2D eigenvalue weighted by atomic mass is 19.1. The number of rotatable bonds is 8. The van der Waals surface area contributed by atoms with E-state index in [1.54, 1.807) is 30.2 Å². The molecule has 4 aromatic rings. The molecule has 10 heteroatoms. The molecular formula is C28H30FN7O2. The summed E-state index contributed by atoms with van der Waals surface area (Å²) in [6.45, 7) is 5.53. The first-order valence-electron chi connectivity index (χ1n) is 12.3. The van der Waals surface area contributed by atoms with Crippen LogP contribution in [0.3, 0.4) is 0 Å². The van der Waals surface area contributed by atoms with Crippen molar-refractivity contribution >= 4 is 34.3 Å². The molecule has 3 heterocycles. The number of anilines is 4. The van der Waals surface area contributed by atoms with Gasteiger partial charge >= 0.3 is 0 Å². The first-order valence-corrected chi connectivity index (χ1v) is 12.3. The van der Waals surface area contributed by atoms with Crippen molar-refractivity contribution in [3.05, 3.63) is 73.6 Å². The zero-order valence-corrected chi connectivity index (χ0v) is 21.6. The zero-order chi connectivity index (χ0) is 26.8. The molecule has 196 valence electrons. The number of amides is 1. The molecule has 2 aromatic carbocycles. The van der Waals surface area contributed by atoms with Crippen LogP contribution in [0.4, 0.5) is 27.3 Å². The molecule has 9 nitrogen and oxygen atoms in total. The standard InChI is InChI=1S/C28H30FN7O2/c1-5-27(37)33-21-12-22(25(38-4)13-23(21)35(3)20-9-10-34(2)15-20)32-26-14-24-28(31-17-36(24)16-30-26)18-7-6-8-19(29)11-18/h5-8,11-14,16-17,20,32H,1,9-10,15H2,2-4H3,(H,33,37). The van der Waals surface area contributed by atoms with Crippen LogP contribution in [0.15, 0.2) is 67.8 Å². The van der Waals surface area contributed by atoms with Crippen LogP contribution in [0.5, 0.6) is 5.75 Å². The van der Waals surface area contributed by atoms with E-state index in [0.717, 1.165) is 30.7 Å². The molecule has 0 saturated carbocycles. The maximum atomic E-state index is 13.9. The second-order valence-electron chi connectivity index (χ2n) is 9.37. The number of aromatic nitrogens is 3. The summed E-state index contributed by atoms with van der Waals surface area (Å²) in [5.41, 5.74) is 4.16.